The topological polar surface area (TPSA) is 103 Å². The number of carbonyl (C=O) groups excluding carboxylic acids is 1. The van der Waals surface area contributed by atoms with E-state index < -0.39 is 4.92 Å². The Kier molecular flexibility index (Phi) is 4.52. The number of aryl methyl sites for hydroxylation is 2. The highest BCUT2D eigenvalue weighted by atomic mass is 32.2. The van der Waals surface area contributed by atoms with Crippen molar-refractivity contribution in [2.45, 2.75) is 37.9 Å². The van der Waals surface area contributed by atoms with E-state index in [0.717, 1.165) is 29.4 Å². The van der Waals surface area contributed by atoms with Gasteiger partial charge >= 0.3 is 0 Å². The average Bonchev–Trinajstić information content (AvgIpc) is 3.30. The summed E-state index contributed by atoms with van der Waals surface area (Å²) in [5, 5.41) is 22.5. The molecule has 0 aliphatic heterocycles. The van der Waals surface area contributed by atoms with Gasteiger partial charge in [-0.1, -0.05) is 17.8 Å². The third-order valence-electron chi connectivity index (χ3n) is 3.79. The smallest absolute Gasteiger partial charge is 0.271 e. The predicted molar refractivity (Wildman–Crippen MR) is 90.2 cm³/mol. The first-order valence-electron chi connectivity index (χ1n) is 7.55. The molecule has 8 nitrogen and oxygen atoms in total. The van der Waals surface area contributed by atoms with Crippen molar-refractivity contribution >= 4 is 29.0 Å². The molecule has 0 unspecified atom stereocenters. The Morgan fingerprint density at radius 2 is 2.17 bits per heavy atom. The third kappa shape index (κ3) is 3.56. The number of amides is 1. The highest BCUT2D eigenvalue weighted by Gasteiger charge is 2.28. The number of rotatable bonds is 6. The Morgan fingerprint density at radius 1 is 1.42 bits per heavy atom. The summed E-state index contributed by atoms with van der Waals surface area (Å²) < 4.78 is 2.07. The second kappa shape index (κ2) is 6.60. The molecule has 1 aromatic carbocycles. The molecule has 3 rings (SSSR count). The van der Waals surface area contributed by atoms with Gasteiger partial charge in [-0.15, -0.1) is 10.2 Å². The van der Waals surface area contributed by atoms with Crippen molar-refractivity contribution in [1.82, 2.24) is 14.8 Å². The van der Waals surface area contributed by atoms with Crippen LogP contribution in [0.4, 0.5) is 11.4 Å². The second-order valence-corrected chi connectivity index (χ2v) is 6.67. The van der Waals surface area contributed by atoms with E-state index in [1.807, 2.05) is 6.92 Å². The summed E-state index contributed by atoms with van der Waals surface area (Å²) in [5.74, 6) is 0.800. The van der Waals surface area contributed by atoms with Gasteiger partial charge in [0.25, 0.3) is 5.69 Å². The number of non-ortho nitro benzene ring substituents is 1. The first-order valence-corrected chi connectivity index (χ1v) is 8.53. The summed E-state index contributed by atoms with van der Waals surface area (Å²) in [6.45, 7) is 3.70. The molecule has 2 aromatic rings. The molecule has 1 fully saturated rings. The van der Waals surface area contributed by atoms with Crippen LogP contribution >= 0.6 is 11.8 Å². The fourth-order valence-corrected chi connectivity index (χ4v) is 3.23. The van der Waals surface area contributed by atoms with Gasteiger partial charge in [0.2, 0.25) is 5.91 Å². The lowest BCUT2D eigenvalue weighted by Gasteiger charge is -2.09. The molecular formula is C15H17N5O3S. The summed E-state index contributed by atoms with van der Waals surface area (Å²) in [6, 6.07) is 4.85. The number of benzene rings is 1. The predicted octanol–water partition coefficient (Wildman–Crippen LogP) is 2.87. The van der Waals surface area contributed by atoms with E-state index >= 15 is 0 Å². The number of carbonyl (C=O) groups is 1. The molecule has 1 heterocycles. The van der Waals surface area contributed by atoms with Crippen molar-refractivity contribution in [2.24, 2.45) is 0 Å². The van der Waals surface area contributed by atoms with Crippen molar-refractivity contribution in [3.05, 3.63) is 39.7 Å². The summed E-state index contributed by atoms with van der Waals surface area (Å²) in [6.07, 6.45) is 2.23. The first kappa shape index (κ1) is 16.4. The minimum atomic E-state index is -0.481. The van der Waals surface area contributed by atoms with Crippen LogP contribution in [0.5, 0.6) is 0 Å². The molecule has 1 amide bonds. The van der Waals surface area contributed by atoms with E-state index in [1.54, 1.807) is 13.0 Å². The maximum absolute atomic E-state index is 12.2. The number of nitro benzene ring substituents is 1. The zero-order valence-electron chi connectivity index (χ0n) is 13.4. The molecule has 0 saturated heterocycles. The standard InChI is InChI=1S/C15H17N5O3S/c1-9-3-4-12(20(22)23)7-13(9)16-14(21)8-24-15-18-17-10(2)19(15)11-5-6-11/h3-4,7,11H,5-6,8H2,1-2H3,(H,16,21). The largest absolute Gasteiger partial charge is 0.325 e. The molecule has 1 aliphatic rings. The van der Waals surface area contributed by atoms with Gasteiger partial charge < -0.3 is 9.88 Å². The number of anilines is 1. The summed E-state index contributed by atoms with van der Waals surface area (Å²) in [4.78, 5) is 22.5. The lowest BCUT2D eigenvalue weighted by Crippen LogP contribution is -2.15. The van der Waals surface area contributed by atoms with Crippen LogP contribution < -0.4 is 5.32 Å². The van der Waals surface area contributed by atoms with Crippen LogP contribution in [-0.2, 0) is 4.79 Å². The number of hydrogen-bond acceptors (Lipinski definition) is 6. The monoisotopic (exact) mass is 347 g/mol. The molecule has 0 radical (unpaired) electrons. The Hall–Kier alpha value is -2.42. The Labute approximate surface area is 142 Å². The van der Waals surface area contributed by atoms with Crippen molar-refractivity contribution in [3.63, 3.8) is 0 Å². The fraction of sp³-hybridized carbons (Fsp3) is 0.400. The van der Waals surface area contributed by atoms with E-state index in [9.17, 15) is 14.9 Å². The normalized spacial score (nSPS) is 13.8. The average molecular weight is 347 g/mol. The van der Waals surface area contributed by atoms with E-state index in [4.69, 9.17) is 0 Å². The van der Waals surface area contributed by atoms with Gasteiger partial charge in [-0.25, -0.2) is 0 Å². The van der Waals surface area contributed by atoms with Crippen LogP contribution in [0.2, 0.25) is 0 Å². The van der Waals surface area contributed by atoms with Crippen LogP contribution in [0, 0.1) is 24.0 Å². The van der Waals surface area contributed by atoms with Gasteiger partial charge in [0.15, 0.2) is 5.16 Å². The van der Waals surface area contributed by atoms with Gasteiger partial charge in [0.1, 0.15) is 5.82 Å². The van der Waals surface area contributed by atoms with Crippen molar-refractivity contribution in [2.75, 3.05) is 11.1 Å². The Morgan fingerprint density at radius 3 is 2.83 bits per heavy atom. The summed E-state index contributed by atoms with van der Waals surface area (Å²) in [7, 11) is 0. The number of thioether (sulfide) groups is 1. The molecule has 1 N–H and O–H groups in total. The van der Waals surface area contributed by atoms with Crippen LogP contribution in [0.1, 0.15) is 30.3 Å². The molecule has 1 saturated carbocycles. The number of aromatic nitrogens is 3. The van der Waals surface area contributed by atoms with Crippen LogP contribution in [-0.4, -0.2) is 31.3 Å². The molecular weight excluding hydrogens is 330 g/mol. The van der Waals surface area contributed by atoms with Crippen molar-refractivity contribution < 1.29 is 9.72 Å². The quantitative estimate of drug-likeness (QED) is 0.489. The zero-order chi connectivity index (χ0) is 17.3. The van der Waals surface area contributed by atoms with Crippen LogP contribution in [0.15, 0.2) is 23.4 Å². The second-order valence-electron chi connectivity index (χ2n) is 5.72. The van der Waals surface area contributed by atoms with Crippen molar-refractivity contribution in [1.29, 1.82) is 0 Å². The Bertz CT molecular complexity index is 800. The van der Waals surface area contributed by atoms with E-state index in [1.165, 1.54) is 23.9 Å². The number of hydrogen-bond donors (Lipinski definition) is 1. The highest BCUT2D eigenvalue weighted by molar-refractivity contribution is 7.99. The summed E-state index contributed by atoms with van der Waals surface area (Å²) >= 11 is 1.32. The van der Waals surface area contributed by atoms with Crippen LogP contribution in [0.25, 0.3) is 0 Å². The maximum atomic E-state index is 12.2. The van der Waals surface area contributed by atoms with Gasteiger partial charge in [-0.3, -0.25) is 14.9 Å². The lowest BCUT2D eigenvalue weighted by molar-refractivity contribution is -0.384. The lowest BCUT2D eigenvalue weighted by atomic mass is 10.2. The van der Waals surface area contributed by atoms with E-state index in [2.05, 4.69) is 20.1 Å². The van der Waals surface area contributed by atoms with Crippen LogP contribution in [0.3, 0.4) is 0 Å². The van der Waals surface area contributed by atoms with Gasteiger partial charge in [-0.05, 0) is 32.3 Å². The molecule has 24 heavy (non-hydrogen) atoms. The molecule has 126 valence electrons. The molecule has 1 aromatic heterocycles. The summed E-state index contributed by atoms with van der Waals surface area (Å²) in [5.41, 5.74) is 1.18. The SMILES string of the molecule is Cc1ccc([N+](=O)[O-])cc1NC(=O)CSc1nnc(C)n1C1CC1. The zero-order valence-corrected chi connectivity index (χ0v) is 14.2. The van der Waals surface area contributed by atoms with E-state index in [0.29, 0.717) is 11.7 Å². The van der Waals surface area contributed by atoms with Gasteiger partial charge in [0.05, 0.1) is 16.4 Å². The number of nitro groups is 1. The minimum Gasteiger partial charge on any atom is -0.325 e. The number of nitrogens with one attached hydrogen (secondary N) is 1. The molecule has 9 heteroatoms. The third-order valence-corrected chi connectivity index (χ3v) is 4.73. The number of nitrogens with zero attached hydrogens (tertiary/aromatic N) is 4. The Balaban J connectivity index is 1.64. The molecule has 0 spiro atoms. The highest BCUT2D eigenvalue weighted by Crippen LogP contribution is 2.38. The fourth-order valence-electron chi connectivity index (χ4n) is 2.38. The first-order chi connectivity index (χ1) is 11.5. The van der Waals surface area contributed by atoms with E-state index in [-0.39, 0.29) is 17.3 Å². The maximum Gasteiger partial charge on any atom is 0.271 e. The molecule has 0 atom stereocenters. The van der Waals surface area contributed by atoms with Crippen molar-refractivity contribution in [3.8, 4) is 0 Å². The van der Waals surface area contributed by atoms with Gasteiger partial charge in [0, 0.05) is 18.2 Å². The molecule has 1 aliphatic carbocycles. The molecule has 0 bridgehead atoms. The minimum absolute atomic E-state index is 0.0485. The van der Waals surface area contributed by atoms with Gasteiger partial charge in [-0.2, -0.15) is 0 Å².